The number of carbonyl (C=O) groups excluding carboxylic acids is 2. The van der Waals surface area contributed by atoms with Gasteiger partial charge in [-0.3, -0.25) is 14.4 Å². The number of benzene rings is 1. The lowest BCUT2D eigenvalue weighted by Crippen LogP contribution is -2.46. The third-order valence-electron chi connectivity index (χ3n) is 3.35. The van der Waals surface area contributed by atoms with Crippen molar-refractivity contribution in [3.63, 3.8) is 0 Å². The first-order valence-corrected chi connectivity index (χ1v) is 7.06. The van der Waals surface area contributed by atoms with Crippen LogP contribution in [0.5, 0.6) is 0 Å². The predicted molar refractivity (Wildman–Crippen MR) is 78.6 cm³/mol. The summed E-state index contributed by atoms with van der Waals surface area (Å²) in [5, 5.41) is 11.3. The van der Waals surface area contributed by atoms with Gasteiger partial charge in [0.05, 0.1) is 24.7 Å². The van der Waals surface area contributed by atoms with Crippen LogP contribution in [0.4, 0.5) is 10.1 Å². The van der Waals surface area contributed by atoms with Crippen molar-refractivity contribution < 1.29 is 28.6 Å². The van der Waals surface area contributed by atoms with Crippen LogP contribution in [0.3, 0.4) is 0 Å². The number of rotatable bonds is 4. The Hall–Kier alpha value is -2.48. The van der Waals surface area contributed by atoms with Crippen molar-refractivity contribution in [2.24, 2.45) is 0 Å². The highest BCUT2D eigenvalue weighted by Crippen LogP contribution is 2.19. The van der Waals surface area contributed by atoms with Gasteiger partial charge in [-0.05, 0) is 18.2 Å². The number of aliphatic carboxylic acids is 1. The monoisotopic (exact) mass is 324 g/mol. The van der Waals surface area contributed by atoms with E-state index in [1.54, 1.807) is 0 Å². The van der Waals surface area contributed by atoms with Crippen LogP contribution in [0.2, 0.25) is 0 Å². The lowest BCUT2D eigenvalue weighted by atomic mass is 10.1. The van der Waals surface area contributed by atoms with E-state index >= 15 is 0 Å². The number of anilines is 1. The second-order valence-electron chi connectivity index (χ2n) is 5.22. The van der Waals surface area contributed by atoms with Crippen LogP contribution in [0.25, 0.3) is 0 Å². The molecule has 0 spiro atoms. The lowest BCUT2D eigenvalue weighted by molar-refractivity contribution is -0.141. The van der Waals surface area contributed by atoms with Crippen LogP contribution in [0, 0.1) is 5.82 Å². The number of carboxylic acid groups (broad SMARTS) is 1. The summed E-state index contributed by atoms with van der Waals surface area (Å²) in [4.78, 5) is 35.6. The minimum absolute atomic E-state index is 0.0783. The van der Waals surface area contributed by atoms with Crippen molar-refractivity contribution in [1.29, 1.82) is 0 Å². The molecule has 1 aliphatic heterocycles. The first-order valence-electron chi connectivity index (χ1n) is 7.06. The maximum atomic E-state index is 13.9. The normalized spacial score (nSPS) is 17.7. The molecule has 2 N–H and O–H groups in total. The highest BCUT2D eigenvalue weighted by molar-refractivity contribution is 5.97. The summed E-state index contributed by atoms with van der Waals surface area (Å²) in [6.45, 7) is 1.83. The van der Waals surface area contributed by atoms with E-state index in [1.807, 2.05) is 0 Å². The number of hydrogen-bond acceptors (Lipinski definition) is 4. The van der Waals surface area contributed by atoms with Gasteiger partial charge in [-0.15, -0.1) is 0 Å². The van der Waals surface area contributed by atoms with Gasteiger partial charge >= 0.3 is 5.97 Å². The largest absolute Gasteiger partial charge is 0.481 e. The van der Waals surface area contributed by atoms with E-state index in [0.717, 1.165) is 6.07 Å². The Labute approximate surface area is 132 Å². The molecule has 124 valence electrons. The molecular formula is C15H17FN2O5. The standard InChI is InChI=1S/C15H17FN2O5/c1-9(19)17-10-2-3-13(16)12(6-10)15(22)18-4-5-23-11(8-18)7-14(20)21/h2-3,6,11H,4-5,7-8H2,1H3,(H,17,19)(H,20,21). The second kappa shape index (κ2) is 7.19. The Morgan fingerprint density at radius 2 is 2.17 bits per heavy atom. The fraction of sp³-hybridized carbons (Fsp3) is 0.400. The molecule has 7 nitrogen and oxygen atoms in total. The predicted octanol–water partition coefficient (Wildman–Crippen LogP) is 1.10. The molecule has 1 atom stereocenters. The molecule has 8 heteroatoms. The third kappa shape index (κ3) is 4.49. The van der Waals surface area contributed by atoms with Gasteiger partial charge in [-0.2, -0.15) is 0 Å². The van der Waals surface area contributed by atoms with Gasteiger partial charge in [-0.25, -0.2) is 4.39 Å². The van der Waals surface area contributed by atoms with Crippen molar-refractivity contribution in [3.8, 4) is 0 Å². The summed E-state index contributed by atoms with van der Waals surface area (Å²) in [5.41, 5.74) is 0.143. The number of carboxylic acids is 1. The molecule has 0 radical (unpaired) electrons. The van der Waals surface area contributed by atoms with Crippen molar-refractivity contribution in [2.45, 2.75) is 19.4 Å². The third-order valence-corrected chi connectivity index (χ3v) is 3.35. The van der Waals surface area contributed by atoms with Crippen molar-refractivity contribution in [1.82, 2.24) is 4.90 Å². The summed E-state index contributed by atoms with van der Waals surface area (Å²) in [6.07, 6.45) is -0.843. The molecule has 1 unspecified atom stereocenters. The van der Waals surface area contributed by atoms with E-state index < -0.39 is 23.8 Å². The van der Waals surface area contributed by atoms with E-state index in [4.69, 9.17) is 9.84 Å². The molecule has 2 amide bonds. The van der Waals surface area contributed by atoms with Crippen LogP contribution in [0.1, 0.15) is 23.7 Å². The zero-order valence-electron chi connectivity index (χ0n) is 12.5. The summed E-state index contributed by atoms with van der Waals surface area (Å²) >= 11 is 0. The van der Waals surface area contributed by atoms with E-state index in [9.17, 15) is 18.8 Å². The van der Waals surface area contributed by atoms with Gasteiger partial charge in [0.1, 0.15) is 5.82 Å². The van der Waals surface area contributed by atoms with Crippen molar-refractivity contribution >= 4 is 23.5 Å². The van der Waals surface area contributed by atoms with E-state index in [0.29, 0.717) is 5.69 Å². The smallest absolute Gasteiger partial charge is 0.306 e. The first kappa shape index (κ1) is 16.9. The highest BCUT2D eigenvalue weighted by Gasteiger charge is 2.28. The Morgan fingerprint density at radius 3 is 2.83 bits per heavy atom. The molecule has 23 heavy (non-hydrogen) atoms. The molecule has 1 aromatic carbocycles. The van der Waals surface area contributed by atoms with Gasteiger partial charge < -0.3 is 20.1 Å². The molecule has 0 aliphatic carbocycles. The van der Waals surface area contributed by atoms with Crippen molar-refractivity contribution in [3.05, 3.63) is 29.6 Å². The number of carbonyl (C=O) groups is 3. The fourth-order valence-electron chi connectivity index (χ4n) is 2.36. The quantitative estimate of drug-likeness (QED) is 0.864. The van der Waals surface area contributed by atoms with Gasteiger partial charge in [0.2, 0.25) is 5.91 Å². The Kier molecular flexibility index (Phi) is 5.28. The minimum Gasteiger partial charge on any atom is -0.481 e. The number of ether oxygens (including phenoxy) is 1. The number of morpholine rings is 1. The maximum Gasteiger partial charge on any atom is 0.306 e. The zero-order valence-corrected chi connectivity index (χ0v) is 12.5. The maximum absolute atomic E-state index is 13.9. The lowest BCUT2D eigenvalue weighted by Gasteiger charge is -2.32. The van der Waals surface area contributed by atoms with E-state index in [-0.39, 0.29) is 37.6 Å². The number of nitrogens with one attached hydrogen (secondary N) is 1. The summed E-state index contributed by atoms with van der Waals surface area (Å²) < 4.78 is 19.2. The van der Waals surface area contributed by atoms with Crippen LogP contribution in [-0.4, -0.2) is 53.6 Å². The molecule has 1 fully saturated rings. The molecule has 0 aromatic heterocycles. The molecule has 2 rings (SSSR count). The summed E-state index contributed by atoms with van der Waals surface area (Å²) in [5.74, 6) is -2.62. The molecule has 0 saturated carbocycles. The molecule has 1 aromatic rings. The zero-order chi connectivity index (χ0) is 17.0. The molecule has 1 aliphatic rings. The van der Waals surface area contributed by atoms with Gasteiger partial charge in [0.15, 0.2) is 0 Å². The average molecular weight is 324 g/mol. The molecule has 1 heterocycles. The fourth-order valence-corrected chi connectivity index (χ4v) is 2.36. The molecule has 0 bridgehead atoms. The molecule has 1 saturated heterocycles. The van der Waals surface area contributed by atoms with Crippen LogP contribution >= 0.6 is 0 Å². The van der Waals surface area contributed by atoms with Gasteiger partial charge in [0.25, 0.3) is 5.91 Å². The van der Waals surface area contributed by atoms with E-state index in [1.165, 1.54) is 24.0 Å². The summed E-state index contributed by atoms with van der Waals surface area (Å²) in [7, 11) is 0. The SMILES string of the molecule is CC(=O)Nc1ccc(F)c(C(=O)N2CCOC(CC(=O)O)C2)c1. The van der Waals surface area contributed by atoms with Crippen LogP contribution < -0.4 is 5.32 Å². The second-order valence-corrected chi connectivity index (χ2v) is 5.22. The van der Waals surface area contributed by atoms with Crippen LogP contribution in [0.15, 0.2) is 18.2 Å². The number of hydrogen-bond donors (Lipinski definition) is 2. The number of nitrogens with zero attached hydrogens (tertiary/aromatic N) is 1. The van der Waals surface area contributed by atoms with Gasteiger partial charge in [-0.1, -0.05) is 0 Å². The first-order chi connectivity index (χ1) is 10.9. The van der Waals surface area contributed by atoms with Crippen LogP contribution in [-0.2, 0) is 14.3 Å². The Morgan fingerprint density at radius 1 is 1.43 bits per heavy atom. The van der Waals surface area contributed by atoms with Crippen molar-refractivity contribution in [2.75, 3.05) is 25.0 Å². The number of halogens is 1. The van der Waals surface area contributed by atoms with Gasteiger partial charge in [0, 0.05) is 25.7 Å². The average Bonchev–Trinajstić information content (AvgIpc) is 2.47. The molecular weight excluding hydrogens is 307 g/mol. The highest BCUT2D eigenvalue weighted by atomic mass is 19.1. The number of amides is 2. The minimum atomic E-state index is -1.02. The summed E-state index contributed by atoms with van der Waals surface area (Å²) in [6, 6.07) is 3.73. The topological polar surface area (TPSA) is 95.9 Å². The Bertz CT molecular complexity index is 634. The van der Waals surface area contributed by atoms with E-state index in [2.05, 4.69) is 5.32 Å². The Balaban J connectivity index is 2.15.